The first kappa shape index (κ1) is 14.0. The Hall–Kier alpha value is -1.10. The van der Waals surface area contributed by atoms with Gasteiger partial charge >= 0.3 is 0 Å². The van der Waals surface area contributed by atoms with Gasteiger partial charge in [-0.3, -0.25) is 9.59 Å². The number of aliphatic hydroxyl groups is 1. The van der Waals surface area contributed by atoms with Crippen molar-refractivity contribution in [2.75, 3.05) is 13.1 Å². The molecule has 1 fully saturated rings. The minimum Gasteiger partial charge on any atom is -0.393 e. The lowest BCUT2D eigenvalue weighted by Crippen LogP contribution is -2.34. The van der Waals surface area contributed by atoms with Gasteiger partial charge in [-0.1, -0.05) is 0 Å². The summed E-state index contributed by atoms with van der Waals surface area (Å²) in [6.07, 6.45) is 3.82. The van der Waals surface area contributed by atoms with Crippen molar-refractivity contribution in [1.82, 2.24) is 10.6 Å². The van der Waals surface area contributed by atoms with Crippen LogP contribution in [0.1, 0.15) is 39.0 Å². The highest BCUT2D eigenvalue weighted by molar-refractivity contribution is 5.77. The Morgan fingerprint density at radius 3 is 2.41 bits per heavy atom. The second-order valence-electron chi connectivity index (χ2n) is 4.71. The van der Waals surface area contributed by atoms with Gasteiger partial charge in [-0.05, 0) is 31.6 Å². The predicted octanol–water partition coefficient (Wildman–Crippen LogP) is 0.180. The van der Waals surface area contributed by atoms with Crippen molar-refractivity contribution < 1.29 is 14.7 Å². The molecule has 0 spiro atoms. The van der Waals surface area contributed by atoms with Gasteiger partial charge in [-0.25, -0.2) is 0 Å². The van der Waals surface area contributed by atoms with Crippen molar-refractivity contribution in [2.24, 2.45) is 5.92 Å². The van der Waals surface area contributed by atoms with Crippen LogP contribution < -0.4 is 10.6 Å². The third kappa shape index (κ3) is 6.26. The number of rotatable bonds is 5. The molecule has 0 bridgehead atoms. The van der Waals surface area contributed by atoms with Gasteiger partial charge in [0.25, 0.3) is 0 Å². The molecule has 5 nitrogen and oxygen atoms in total. The Morgan fingerprint density at radius 1 is 1.18 bits per heavy atom. The van der Waals surface area contributed by atoms with E-state index in [1.807, 2.05) is 0 Å². The molecule has 17 heavy (non-hydrogen) atoms. The van der Waals surface area contributed by atoms with Crippen LogP contribution in [0.3, 0.4) is 0 Å². The van der Waals surface area contributed by atoms with Gasteiger partial charge in [0.1, 0.15) is 0 Å². The molecule has 0 heterocycles. The molecule has 0 saturated heterocycles. The quantitative estimate of drug-likeness (QED) is 0.643. The molecule has 0 aromatic carbocycles. The van der Waals surface area contributed by atoms with Crippen LogP contribution in [0.2, 0.25) is 0 Å². The fourth-order valence-corrected chi connectivity index (χ4v) is 2.05. The molecule has 5 heteroatoms. The van der Waals surface area contributed by atoms with E-state index in [1.165, 1.54) is 6.92 Å². The molecule has 1 rings (SSSR count). The van der Waals surface area contributed by atoms with Crippen LogP contribution in [0.5, 0.6) is 0 Å². The van der Waals surface area contributed by atoms with Crippen LogP contribution in [-0.4, -0.2) is 36.1 Å². The third-order valence-electron chi connectivity index (χ3n) is 3.13. The van der Waals surface area contributed by atoms with E-state index in [1.54, 1.807) is 0 Å². The van der Waals surface area contributed by atoms with Crippen LogP contribution in [0.25, 0.3) is 0 Å². The number of amides is 2. The largest absolute Gasteiger partial charge is 0.393 e. The maximum Gasteiger partial charge on any atom is 0.221 e. The number of carbonyl (C=O) groups excluding carboxylic acids is 2. The number of aliphatic hydroxyl groups excluding tert-OH is 1. The standard InChI is InChI=1S/C12H22N2O3/c1-9(15)13-7-6-12(17)14-8-10-2-4-11(16)5-3-10/h10-11,16H,2-8H2,1H3,(H,13,15)(H,14,17). The Kier molecular flexibility index (Phi) is 5.97. The second kappa shape index (κ2) is 7.27. The second-order valence-corrected chi connectivity index (χ2v) is 4.71. The van der Waals surface area contributed by atoms with Crippen molar-refractivity contribution in [2.45, 2.75) is 45.1 Å². The summed E-state index contributed by atoms with van der Waals surface area (Å²) in [7, 11) is 0. The molecule has 1 saturated carbocycles. The molecule has 0 radical (unpaired) electrons. The van der Waals surface area contributed by atoms with E-state index >= 15 is 0 Å². The van der Waals surface area contributed by atoms with Crippen molar-refractivity contribution in [1.29, 1.82) is 0 Å². The van der Waals surface area contributed by atoms with E-state index in [9.17, 15) is 14.7 Å². The molecular formula is C12H22N2O3. The van der Waals surface area contributed by atoms with Gasteiger partial charge in [-0.2, -0.15) is 0 Å². The van der Waals surface area contributed by atoms with Crippen molar-refractivity contribution >= 4 is 11.8 Å². The zero-order valence-corrected chi connectivity index (χ0v) is 10.4. The summed E-state index contributed by atoms with van der Waals surface area (Å²) in [5, 5.41) is 14.8. The highest BCUT2D eigenvalue weighted by Crippen LogP contribution is 2.23. The highest BCUT2D eigenvalue weighted by atomic mass is 16.3. The Bertz CT molecular complexity index is 260. The molecule has 0 atom stereocenters. The number of hydrogen-bond donors (Lipinski definition) is 3. The van der Waals surface area contributed by atoms with E-state index in [-0.39, 0.29) is 17.9 Å². The fourth-order valence-electron chi connectivity index (χ4n) is 2.05. The van der Waals surface area contributed by atoms with Crippen LogP contribution in [0.15, 0.2) is 0 Å². The van der Waals surface area contributed by atoms with Crippen molar-refractivity contribution in [3.05, 3.63) is 0 Å². The number of nitrogens with one attached hydrogen (secondary N) is 2. The fraction of sp³-hybridized carbons (Fsp3) is 0.833. The van der Waals surface area contributed by atoms with E-state index < -0.39 is 0 Å². The van der Waals surface area contributed by atoms with Gasteiger partial charge in [0.15, 0.2) is 0 Å². The SMILES string of the molecule is CC(=O)NCCC(=O)NCC1CCC(O)CC1. The summed E-state index contributed by atoms with van der Waals surface area (Å²) in [5.74, 6) is 0.354. The smallest absolute Gasteiger partial charge is 0.221 e. The molecule has 2 amide bonds. The molecule has 0 unspecified atom stereocenters. The lowest BCUT2D eigenvalue weighted by atomic mass is 9.87. The summed E-state index contributed by atoms with van der Waals surface area (Å²) in [5.41, 5.74) is 0. The lowest BCUT2D eigenvalue weighted by molar-refractivity contribution is -0.121. The van der Waals surface area contributed by atoms with Crippen LogP contribution in [0, 0.1) is 5.92 Å². The Morgan fingerprint density at radius 2 is 1.82 bits per heavy atom. The average Bonchev–Trinajstić information content (AvgIpc) is 2.28. The summed E-state index contributed by atoms with van der Waals surface area (Å²) in [4.78, 5) is 22.0. The van der Waals surface area contributed by atoms with Gasteiger partial charge < -0.3 is 15.7 Å². The first-order valence-corrected chi connectivity index (χ1v) is 6.27. The number of carbonyl (C=O) groups is 2. The average molecular weight is 242 g/mol. The summed E-state index contributed by atoms with van der Waals surface area (Å²) in [6.45, 7) is 2.52. The maximum absolute atomic E-state index is 11.4. The van der Waals surface area contributed by atoms with Crippen LogP contribution in [-0.2, 0) is 9.59 Å². The Balaban J connectivity index is 2.05. The summed E-state index contributed by atoms with van der Waals surface area (Å²) in [6, 6.07) is 0. The molecule has 0 aromatic heterocycles. The monoisotopic (exact) mass is 242 g/mol. The first-order valence-electron chi connectivity index (χ1n) is 6.27. The normalized spacial score (nSPS) is 24.1. The minimum atomic E-state index is -0.151. The Labute approximate surface area is 102 Å². The number of hydrogen-bond acceptors (Lipinski definition) is 3. The molecule has 0 aliphatic heterocycles. The zero-order chi connectivity index (χ0) is 12.7. The molecule has 1 aliphatic rings. The summed E-state index contributed by atoms with van der Waals surface area (Å²) >= 11 is 0. The molecule has 98 valence electrons. The van der Waals surface area contributed by atoms with Gasteiger partial charge in [-0.15, -0.1) is 0 Å². The van der Waals surface area contributed by atoms with E-state index in [0.29, 0.717) is 25.4 Å². The topological polar surface area (TPSA) is 78.4 Å². The van der Waals surface area contributed by atoms with Crippen LogP contribution in [0.4, 0.5) is 0 Å². The van der Waals surface area contributed by atoms with Gasteiger partial charge in [0.2, 0.25) is 11.8 Å². The predicted molar refractivity (Wildman–Crippen MR) is 64.3 cm³/mol. The van der Waals surface area contributed by atoms with Gasteiger partial charge in [0.05, 0.1) is 6.10 Å². The molecular weight excluding hydrogens is 220 g/mol. The minimum absolute atomic E-state index is 0.0233. The highest BCUT2D eigenvalue weighted by Gasteiger charge is 2.19. The zero-order valence-electron chi connectivity index (χ0n) is 10.4. The van der Waals surface area contributed by atoms with Crippen molar-refractivity contribution in [3.63, 3.8) is 0 Å². The van der Waals surface area contributed by atoms with Crippen LogP contribution >= 0.6 is 0 Å². The maximum atomic E-state index is 11.4. The first-order chi connectivity index (χ1) is 8.08. The van der Waals surface area contributed by atoms with Crippen molar-refractivity contribution in [3.8, 4) is 0 Å². The van der Waals surface area contributed by atoms with E-state index in [4.69, 9.17) is 0 Å². The summed E-state index contributed by atoms with van der Waals surface area (Å²) < 4.78 is 0. The molecule has 0 aromatic rings. The van der Waals surface area contributed by atoms with E-state index in [2.05, 4.69) is 10.6 Å². The molecule has 3 N–H and O–H groups in total. The van der Waals surface area contributed by atoms with Gasteiger partial charge in [0, 0.05) is 26.4 Å². The molecule has 1 aliphatic carbocycles. The third-order valence-corrected chi connectivity index (χ3v) is 3.13. The van der Waals surface area contributed by atoms with E-state index in [0.717, 1.165) is 25.7 Å². The lowest BCUT2D eigenvalue weighted by Gasteiger charge is -2.25.